The minimum absolute atomic E-state index is 0. The number of amidine groups is 1. The van der Waals surface area contributed by atoms with Crippen LogP contribution < -0.4 is 5.73 Å². The van der Waals surface area contributed by atoms with E-state index in [9.17, 15) is 9.18 Å². The molecule has 2 N–H and O–H groups in total. The van der Waals surface area contributed by atoms with Crippen molar-refractivity contribution in [1.29, 1.82) is 0 Å². The van der Waals surface area contributed by atoms with Crippen molar-refractivity contribution in [2.45, 2.75) is 32.2 Å². The summed E-state index contributed by atoms with van der Waals surface area (Å²) in [5.74, 6) is 0.415. The Balaban J connectivity index is 0.00000225. The van der Waals surface area contributed by atoms with E-state index in [1.807, 2.05) is 13.8 Å². The Bertz CT molecular complexity index is 824. The average molecular weight is 400 g/mol. The van der Waals surface area contributed by atoms with Crippen LogP contribution in [0.4, 0.5) is 4.39 Å². The van der Waals surface area contributed by atoms with E-state index in [-0.39, 0.29) is 30.4 Å². The van der Waals surface area contributed by atoms with E-state index in [1.54, 1.807) is 18.2 Å². The molecule has 2 aromatic rings. The van der Waals surface area contributed by atoms with Crippen LogP contribution in [0.5, 0.6) is 0 Å². The minimum Gasteiger partial charge on any atom is -0.379 e. The molecule has 0 radical (unpaired) electrons. The number of aliphatic imine (C=N–C) groups is 1. The number of hydrogen-bond acceptors (Lipinski definition) is 6. The summed E-state index contributed by atoms with van der Waals surface area (Å²) in [6.07, 6.45) is 0.901. The number of nitrogens with two attached hydrogens (primary N) is 1. The molecule has 2 heterocycles. The second-order valence-electron chi connectivity index (χ2n) is 6.06. The van der Waals surface area contributed by atoms with Gasteiger partial charge in [0.2, 0.25) is 0 Å². The largest absolute Gasteiger partial charge is 0.379 e. The quantitative estimate of drug-likeness (QED) is 0.785. The first-order valence-corrected chi connectivity index (χ1v) is 9.37. The van der Waals surface area contributed by atoms with Crippen molar-refractivity contribution < 1.29 is 9.18 Å². The lowest BCUT2D eigenvalue weighted by atomic mass is 9.87. The summed E-state index contributed by atoms with van der Waals surface area (Å²) >= 11 is 2.79. The third-order valence-electron chi connectivity index (χ3n) is 4.09. The zero-order valence-electron chi connectivity index (χ0n) is 13.9. The number of halogens is 2. The van der Waals surface area contributed by atoms with Crippen LogP contribution in [-0.4, -0.2) is 21.1 Å². The van der Waals surface area contributed by atoms with Crippen LogP contribution in [0.2, 0.25) is 0 Å². The summed E-state index contributed by atoms with van der Waals surface area (Å²) in [5, 5.41) is 0.475. The van der Waals surface area contributed by atoms with Crippen molar-refractivity contribution in [2.24, 2.45) is 10.7 Å². The molecule has 0 saturated heterocycles. The van der Waals surface area contributed by atoms with Crippen molar-refractivity contribution in [3.8, 4) is 0 Å². The van der Waals surface area contributed by atoms with Crippen LogP contribution in [0, 0.1) is 12.7 Å². The number of aromatic nitrogens is 1. The first-order valence-electron chi connectivity index (χ1n) is 7.61. The van der Waals surface area contributed by atoms with E-state index < -0.39 is 5.54 Å². The Morgan fingerprint density at radius 1 is 1.40 bits per heavy atom. The Morgan fingerprint density at radius 2 is 2.16 bits per heavy atom. The van der Waals surface area contributed by atoms with Crippen molar-refractivity contribution in [3.63, 3.8) is 0 Å². The molecule has 0 fully saturated rings. The van der Waals surface area contributed by atoms with Gasteiger partial charge in [0.1, 0.15) is 11.5 Å². The third kappa shape index (κ3) is 4.40. The van der Waals surface area contributed by atoms with Gasteiger partial charge in [-0.25, -0.2) is 4.39 Å². The standard InChI is InChI=1S/C17H18FN3OS2.ClH/c1-10-7-14(21-24-10)15(22)9-11-3-4-13(18)12(8-11)17(2)5-6-23-16(19)20-17;/h3-4,7-8H,5-6,9H2,1-2H3,(H2,19,20);1H/t17-;/m0./s1. The molecule has 25 heavy (non-hydrogen) atoms. The molecule has 0 spiro atoms. The first-order chi connectivity index (χ1) is 11.4. The van der Waals surface area contributed by atoms with Gasteiger partial charge < -0.3 is 5.73 Å². The van der Waals surface area contributed by atoms with Gasteiger partial charge in [-0.2, -0.15) is 4.37 Å². The topological polar surface area (TPSA) is 68.3 Å². The minimum atomic E-state index is -0.685. The number of aryl methyl sites for hydroxylation is 1. The predicted octanol–water partition coefficient (Wildman–Crippen LogP) is 4.10. The molecule has 3 rings (SSSR count). The van der Waals surface area contributed by atoms with Gasteiger partial charge in [0.05, 0.1) is 5.54 Å². The molecule has 1 aromatic heterocycles. The van der Waals surface area contributed by atoms with Crippen LogP contribution in [0.1, 0.15) is 39.8 Å². The molecule has 0 amide bonds. The summed E-state index contributed by atoms with van der Waals surface area (Å²) in [6, 6.07) is 6.56. The van der Waals surface area contributed by atoms with Crippen LogP contribution in [0.3, 0.4) is 0 Å². The number of benzene rings is 1. The molecule has 0 saturated carbocycles. The van der Waals surface area contributed by atoms with Gasteiger partial charge in [-0.3, -0.25) is 9.79 Å². The number of hydrogen-bond donors (Lipinski definition) is 1. The zero-order chi connectivity index (χ0) is 17.3. The van der Waals surface area contributed by atoms with E-state index in [0.717, 1.165) is 16.2 Å². The number of carbonyl (C=O) groups excluding carboxylic acids is 1. The summed E-state index contributed by atoms with van der Waals surface area (Å²) in [6.45, 7) is 3.79. The summed E-state index contributed by atoms with van der Waals surface area (Å²) in [4.78, 5) is 17.8. The number of rotatable bonds is 4. The van der Waals surface area contributed by atoms with Crippen LogP contribution in [-0.2, 0) is 12.0 Å². The summed E-state index contributed by atoms with van der Waals surface area (Å²) in [5.41, 5.74) is 6.85. The van der Waals surface area contributed by atoms with Gasteiger partial charge in [0, 0.05) is 22.6 Å². The van der Waals surface area contributed by atoms with Crippen molar-refractivity contribution in [1.82, 2.24) is 4.37 Å². The highest BCUT2D eigenvalue weighted by molar-refractivity contribution is 8.13. The fourth-order valence-corrected chi connectivity index (χ4v) is 4.29. The molecule has 134 valence electrons. The molecule has 0 unspecified atom stereocenters. The highest BCUT2D eigenvalue weighted by atomic mass is 35.5. The second kappa shape index (κ2) is 7.85. The number of thioether (sulfide) groups is 1. The maximum Gasteiger partial charge on any atom is 0.186 e. The lowest BCUT2D eigenvalue weighted by molar-refractivity contribution is 0.0989. The van der Waals surface area contributed by atoms with E-state index in [4.69, 9.17) is 5.73 Å². The monoisotopic (exact) mass is 399 g/mol. The maximum atomic E-state index is 14.4. The molecule has 1 atom stereocenters. The molecular formula is C17H19ClFN3OS2. The number of Topliss-reactive ketones (excluding diaryl/α,β-unsaturated/α-hetero) is 1. The van der Waals surface area contributed by atoms with Gasteiger partial charge in [-0.1, -0.05) is 17.8 Å². The van der Waals surface area contributed by atoms with Crippen LogP contribution in [0.25, 0.3) is 0 Å². The third-order valence-corrected chi connectivity index (χ3v) is 5.57. The van der Waals surface area contributed by atoms with Crippen molar-refractivity contribution in [3.05, 3.63) is 51.8 Å². The van der Waals surface area contributed by atoms with Crippen molar-refractivity contribution in [2.75, 3.05) is 5.75 Å². The maximum absolute atomic E-state index is 14.4. The molecular weight excluding hydrogens is 381 g/mol. The molecule has 0 aliphatic carbocycles. The van der Waals surface area contributed by atoms with Gasteiger partial charge in [0.25, 0.3) is 0 Å². The molecule has 1 aromatic carbocycles. The Hall–Kier alpha value is -1.44. The van der Waals surface area contributed by atoms with Gasteiger partial charge in [-0.05, 0) is 55.6 Å². The Kier molecular flexibility index (Phi) is 6.24. The van der Waals surface area contributed by atoms with Crippen LogP contribution in [0.15, 0.2) is 29.3 Å². The Morgan fingerprint density at radius 3 is 2.80 bits per heavy atom. The fourth-order valence-electron chi connectivity index (χ4n) is 2.75. The average Bonchev–Trinajstić information content (AvgIpc) is 2.95. The highest BCUT2D eigenvalue weighted by Gasteiger charge is 2.32. The highest BCUT2D eigenvalue weighted by Crippen LogP contribution is 2.36. The Labute approximate surface area is 160 Å². The van der Waals surface area contributed by atoms with E-state index >= 15 is 0 Å². The fraction of sp³-hybridized carbons (Fsp3) is 0.353. The molecule has 1 aliphatic rings. The van der Waals surface area contributed by atoms with Crippen LogP contribution >= 0.6 is 35.7 Å². The SMILES string of the molecule is Cc1cc(C(=O)Cc2ccc(F)c([C@]3(C)CCSC(N)=N3)c2)ns1.Cl. The molecule has 8 heteroatoms. The number of carbonyl (C=O) groups is 1. The predicted molar refractivity (Wildman–Crippen MR) is 105 cm³/mol. The van der Waals surface area contributed by atoms with Gasteiger partial charge in [-0.15, -0.1) is 12.4 Å². The lowest BCUT2D eigenvalue weighted by Gasteiger charge is -2.30. The van der Waals surface area contributed by atoms with E-state index in [1.165, 1.54) is 29.4 Å². The molecule has 4 nitrogen and oxygen atoms in total. The number of ketones is 1. The van der Waals surface area contributed by atoms with Gasteiger partial charge >= 0.3 is 0 Å². The van der Waals surface area contributed by atoms with E-state index in [0.29, 0.717) is 22.8 Å². The van der Waals surface area contributed by atoms with E-state index in [2.05, 4.69) is 9.37 Å². The van der Waals surface area contributed by atoms with Crippen molar-refractivity contribution >= 4 is 46.7 Å². The zero-order valence-corrected chi connectivity index (χ0v) is 16.4. The number of nitrogens with zero attached hydrogens (tertiary/aromatic N) is 2. The summed E-state index contributed by atoms with van der Waals surface area (Å²) < 4.78 is 18.5. The smallest absolute Gasteiger partial charge is 0.186 e. The molecule has 1 aliphatic heterocycles. The lowest BCUT2D eigenvalue weighted by Crippen LogP contribution is -2.29. The normalized spacial score (nSPS) is 19.9. The second-order valence-corrected chi connectivity index (χ2v) is 8.18. The molecule has 0 bridgehead atoms. The summed E-state index contributed by atoms with van der Waals surface area (Å²) in [7, 11) is 0. The first kappa shape index (κ1) is 19.9. The van der Waals surface area contributed by atoms with Gasteiger partial charge in [0.15, 0.2) is 11.0 Å².